The Labute approximate surface area is 155 Å². The Hall–Kier alpha value is -3.19. The molecule has 3 N–H and O–H groups in total. The second-order valence-corrected chi connectivity index (χ2v) is 6.35. The van der Waals surface area contributed by atoms with Gasteiger partial charge in [0.05, 0.1) is 0 Å². The summed E-state index contributed by atoms with van der Waals surface area (Å²) in [5, 5.41) is 33.5. The van der Waals surface area contributed by atoms with E-state index in [1.807, 2.05) is 24.3 Å². The van der Waals surface area contributed by atoms with Crippen LogP contribution in [0, 0.1) is 11.5 Å². The van der Waals surface area contributed by atoms with E-state index < -0.39 is 0 Å². The van der Waals surface area contributed by atoms with Gasteiger partial charge in [-0.05, 0) is 47.7 Å². The highest BCUT2D eigenvalue weighted by Crippen LogP contribution is 2.38. The number of aliphatic hydroxyl groups is 1. The third-order valence-electron chi connectivity index (χ3n) is 4.37. The van der Waals surface area contributed by atoms with Gasteiger partial charge >= 0.3 is 0 Å². The standard InChI is InChI=1S/C21H24O2.CHNO/c1-5-7-17-18(8-6-2)20(23)14-13-19(17)21(3,4)15-9-11-16(22)12-10-15;2-1-3/h5-6,9-14,22-23H,1-2,7-8H2,3-4H3;3H. The first-order chi connectivity index (χ1) is 12.3. The highest BCUT2D eigenvalue weighted by Gasteiger charge is 2.27. The first-order valence-electron chi connectivity index (χ1n) is 8.22. The molecule has 2 aromatic carbocycles. The van der Waals surface area contributed by atoms with Gasteiger partial charge in [-0.2, -0.15) is 5.26 Å². The molecule has 4 nitrogen and oxygen atoms in total. The second-order valence-electron chi connectivity index (χ2n) is 6.35. The number of rotatable bonds is 6. The van der Waals surface area contributed by atoms with Crippen LogP contribution < -0.4 is 0 Å². The minimum Gasteiger partial charge on any atom is -0.508 e. The highest BCUT2D eigenvalue weighted by molar-refractivity contribution is 5.52. The Morgan fingerprint density at radius 3 is 1.96 bits per heavy atom. The van der Waals surface area contributed by atoms with E-state index in [1.54, 1.807) is 24.3 Å². The molecule has 0 saturated heterocycles. The minimum absolute atomic E-state index is 0.254. The van der Waals surface area contributed by atoms with Crippen LogP contribution in [0.5, 0.6) is 11.5 Å². The molecule has 0 saturated carbocycles. The van der Waals surface area contributed by atoms with Crippen molar-refractivity contribution in [2.75, 3.05) is 0 Å². The summed E-state index contributed by atoms with van der Waals surface area (Å²) in [6.07, 6.45) is 5.72. The first kappa shape index (κ1) is 20.9. The molecule has 0 unspecified atom stereocenters. The van der Waals surface area contributed by atoms with Crippen molar-refractivity contribution < 1.29 is 15.3 Å². The average molecular weight is 351 g/mol. The lowest BCUT2D eigenvalue weighted by atomic mass is 9.74. The number of nitriles is 1. The molecule has 0 radical (unpaired) electrons. The van der Waals surface area contributed by atoms with E-state index in [0.29, 0.717) is 18.6 Å². The molecule has 0 atom stereocenters. The molecule has 0 heterocycles. The highest BCUT2D eigenvalue weighted by atomic mass is 16.3. The molecule has 26 heavy (non-hydrogen) atoms. The van der Waals surface area contributed by atoms with E-state index in [9.17, 15) is 10.2 Å². The van der Waals surface area contributed by atoms with Gasteiger partial charge in [0.2, 0.25) is 0 Å². The minimum atomic E-state index is -0.254. The van der Waals surface area contributed by atoms with Crippen LogP contribution in [0.3, 0.4) is 0 Å². The Morgan fingerprint density at radius 1 is 0.962 bits per heavy atom. The van der Waals surface area contributed by atoms with Crippen LogP contribution in [-0.4, -0.2) is 15.3 Å². The molecule has 0 bridgehead atoms. The van der Waals surface area contributed by atoms with Gasteiger partial charge in [0.15, 0.2) is 0 Å². The quantitative estimate of drug-likeness (QED) is 0.519. The van der Waals surface area contributed by atoms with Crippen LogP contribution in [0.4, 0.5) is 0 Å². The number of aromatic hydroxyl groups is 2. The number of phenolic OH excluding ortho intramolecular Hbond substituents is 2. The zero-order valence-corrected chi connectivity index (χ0v) is 15.2. The molecule has 2 rings (SSSR count). The van der Waals surface area contributed by atoms with E-state index in [0.717, 1.165) is 28.5 Å². The maximum Gasteiger partial charge on any atom is 0.283 e. The molecule has 2 aromatic rings. The van der Waals surface area contributed by atoms with Gasteiger partial charge in [-0.25, -0.2) is 0 Å². The molecule has 0 amide bonds. The fourth-order valence-corrected chi connectivity index (χ4v) is 3.05. The van der Waals surface area contributed by atoms with Gasteiger partial charge < -0.3 is 15.3 Å². The van der Waals surface area contributed by atoms with Crippen molar-refractivity contribution in [1.82, 2.24) is 0 Å². The summed E-state index contributed by atoms with van der Waals surface area (Å²) >= 11 is 0. The van der Waals surface area contributed by atoms with Crippen LogP contribution >= 0.6 is 0 Å². The molecule has 0 aliphatic heterocycles. The van der Waals surface area contributed by atoms with Crippen molar-refractivity contribution in [2.24, 2.45) is 0 Å². The summed E-state index contributed by atoms with van der Waals surface area (Å²) in [7, 11) is 0. The normalized spacial score (nSPS) is 10.2. The topological polar surface area (TPSA) is 84.5 Å². The van der Waals surface area contributed by atoms with Crippen LogP contribution in [0.25, 0.3) is 0 Å². The van der Waals surface area contributed by atoms with E-state index in [4.69, 9.17) is 10.4 Å². The number of hydrogen-bond acceptors (Lipinski definition) is 4. The number of nitrogens with zero attached hydrogens (tertiary/aromatic N) is 1. The van der Waals surface area contributed by atoms with Crippen molar-refractivity contribution in [3.8, 4) is 17.8 Å². The van der Waals surface area contributed by atoms with Crippen molar-refractivity contribution >= 4 is 0 Å². The predicted octanol–water partition coefficient (Wildman–Crippen LogP) is 4.72. The molecule has 4 heteroatoms. The maximum absolute atomic E-state index is 10.2. The fraction of sp³-hybridized carbons (Fsp3) is 0.227. The molecular formula is C22H25NO3. The van der Waals surface area contributed by atoms with E-state index in [1.165, 1.54) is 0 Å². The van der Waals surface area contributed by atoms with Crippen LogP contribution in [0.15, 0.2) is 61.7 Å². The molecule has 0 fully saturated rings. The Morgan fingerprint density at radius 2 is 1.46 bits per heavy atom. The molecule has 0 aliphatic carbocycles. The first-order valence-corrected chi connectivity index (χ1v) is 8.22. The maximum atomic E-state index is 10.2. The Kier molecular flexibility index (Phi) is 7.49. The summed E-state index contributed by atoms with van der Waals surface area (Å²) in [5.41, 5.74) is 4.01. The van der Waals surface area contributed by atoms with Gasteiger partial charge in [0.1, 0.15) is 11.5 Å². The van der Waals surface area contributed by atoms with E-state index >= 15 is 0 Å². The van der Waals surface area contributed by atoms with Gasteiger partial charge in [-0.15, -0.1) is 13.2 Å². The summed E-state index contributed by atoms with van der Waals surface area (Å²) < 4.78 is 0. The van der Waals surface area contributed by atoms with Crippen LogP contribution in [-0.2, 0) is 18.3 Å². The largest absolute Gasteiger partial charge is 0.508 e. The fourth-order valence-electron chi connectivity index (χ4n) is 3.05. The summed E-state index contributed by atoms with van der Waals surface area (Å²) in [6, 6.07) is 11.0. The number of hydrogen-bond donors (Lipinski definition) is 3. The van der Waals surface area contributed by atoms with Gasteiger partial charge in [0, 0.05) is 11.0 Å². The lowest BCUT2D eigenvalue weighted by Gasteiger charge is -2.30. The number of aliphatic hydroxyl groups excluding tert-OH is 1. The average Bonchev–Trinajstić information content (AvgIpc) is 2.59. The van der Waals surface area contributed by atoms with Gasteiger partial charge in [-0.1, -0.05) is 44.2 Å². The third-order valence-corrected chi connectivity index (χ3v) is 4.37. The number of phenols is 2. The zero-order chi connectivity index (χ0) is 19.7. The lowest BCUT2D eigenvalue weighted by Crippen LogP contribution is -2.21. The Bertz CT molecular complexity index is 799. The number of benzene rings is 2. The SMILES string of the molecule is C=CCc1c(O)ccc(C(C)(C)c2ccc(O)cc2)c1CC=C.N#CO. The van der Waals surface area contributed by atoms with Gasteiger partial charge in [-0.3, -0.25) is 0 Å². The van der Waals surface area contributed by atoms with Crippen molar-refractivity contribution in [3.05, 3.63) is 84.0 Å². The number of allylic oxidation sites excluding steroid dienone is 2. The van der Waals surface area contributed by atoms with Crippen LogP contribution in [0.1, 0.15) is 36.1 Å². The third kappa shape index (κ3) is 4.67. The van der Waals surface area contributed by atoms with Crippen molar-refractivity contribution in [2.45, 2.75) is 32.1 Å². The smallest absolute Gasteiger partial charge is 0.283 e. The summed E-state index contributed by atoms with van der Waals surface area (Å²) in [4.78, 5) is 0. The van der Waals surface area contributed by atoms with Crippen molar-refractivity contribution in [3.63, 3.8) is 0 Å². The molecule has 136 valence electrons. The molecule has 0 aliphatic rings. The van der Waals surface area contributed by atoms with Crippen LogP contribution in [0.2, 0.25) is 0 Å². The van der Waals surface area contributed by atoms with Gasteiger partial charge in [0.25, 0.3) is 6.26 Å². The summed E-state index contributed by atoms with van der Waals surface area (Å²) in [5.74, 6) is 0.556. The van der Waals surface area contributed by atoms with E-state index in [2.05, 4.69) is 27.0 Å². The zero-order valence-electron chi connectivity index (χ0n) is 15.2. The predicted molar refractivity (Wildman–Crippen MR) is 104 cm³/mol. The monoisotopic (exact) mass is 351 g/mol. The van der Waals surface area contributed by atoms with Crippen molar-refractivity contribution in [1.29, 1.82) is 5.26 Å². The second kappa shape index (κ2) is 9.33. The molecule has 0 spiro atoms. The lowest BCUT2D eigenvalue weighted by molar-refractivity contribution is 0.467. The summed E-state index contributed by atoms with van der Waals surface area (Å²) in [6.45, 7) is 11.9. The Balaban J connectivity index is 0.00000105. The van der Waals surface area contributed by atoms with E-state index in [-0.39, 0.29) is 11.2 Å². The molecule has 0 aromatic heterocycles. The molecular weight excluding hydrogens is 326 g/mol.